The van der Waals surface area contributed by atoms with Crippen molar-refractivity contribution in [2.24, 2.45) is 11.7 Å². The number of halogens is 1. The predicted octanol–water partition coefficient (Wildman–Crippen LogP) is 3.49. The summed E-state index contributed by atoms with van der Waals surface area (Å²) >= 11 is 5.98. The van der Waals surface area contributed by atoms with Gasteiger partial charge in [-0.15, -0.1) is 0 Å². The first-order valence-electron chi connectivity index (χ1n) is 10.3. The third kappa shape index (κ3) is 4.55. The largest absolute Gasteiger partial charge is 0.356 e. The maximum absolute atomic E-state index is 13.2. The van der Waals surface area contributed by atoms with Crippen LogP contribution in [0.4, 0.5) is 5.82 Å². The molecule has 0 atom stereocenters. The molecule has 156 valence electrons. The van der Waals surface area contributed by atoms with Gasteiger partial charge >= 0.3 is 0 Å². The van der Waals surface area contributed by atoms with Crippen LogP contribution in [0.2, 0.25) is 5.02 Å². The lowest BCUT2D eigenvalue weighted by atomic mass is 9.94. The lowest BCUT2D eigenvalue weighted by Crippen LogP contribution is -2.44. The first-order chi connectivity index (χ1) is 14.7. The molecular formula is C23H26ClN5O. The van der Waals surface area contributed by atoms with Gasteiger partial charge in [0.15, 0.2) is 0 Å². The van der Waals surface area contributed by atoms with Crippen molar-refractivity contribution in [3.8, 4) is 0 Å². The summed E-state index contributed by atoms with van der Waals surface area (Å²) in [5.41, 5.74) is 7.79. The number of hydrogen-bond acceptors (Lipinski definition) is 5. The zero-order chi connectivity index (χ0) is 20.9. The van der Waals surface area contributed by atoms with E-state index in [1.54, 1.807) is 6.33 Å². The lowest BCUT2D eigenvalue weighted by Gasteiger charge is -2.35. The molecule has 2 aromatic carbocycles. The third-order valence-electron chi connectivity index (χ3n) is 5.66. The van der Waals surface area contributed by atoms with Crippen molar-refractivity contribution in [1.82, 2.24) is 14.9 Å². The van der Waals surface area contributed by atoms with E-state index in [1.807, 2.05) is 47.4 Å². The fraction of sp³-hybridized carbons (Fsp3) is 0.348. The van der Waals surface area contributed by atoms with E-state index < -0.39 is 0 Å². The van der Waals surface area contributed by atoms with Crippen LogP contribution in [0.5, 0.6) is 0 Å². The highest BCUT2D eigenvalue weighted by molar-refractivity contribution is 6.30. The van der Waals surface area contributed by atoms with Gasteiger partial charge in [-0.05, 0) is 42.7 Å². The van der Waals surface area contributed by atoms with E-state index in [-0.39, 0.29) is 11.8 Å². The summed E-state index contributed by atoms with van der Waals surface area (Å²) in [5, 5.41) is 1.75. The van der Waals surface area contributed by atoms with Crippen molar-refractivity contribution in [3.05, 3.63) is 65.4 Å². The van der Waals surface area contributed by atoms with Gasteiger partial charge in [0, 0.05) is 49.1 Å². The molecular weight excluding hydrogens is 398 g/mol. The molecule has 0 radical (unpaired) electrons. The van der Waals surface area contributed by atoms with Gasteiger partial charge in [-0.25, -0.2) is 9.97 Å². The van der Waals surface area contributed by atoms with Crippen LogP contribution in [0.15, 0.2) is 54.9 Å². The second-order valence-electron chi connectivity index (χ2n) is 7.65. The lowest BCUT2D eigenvalue weighted by molar-refractivity contribution is -0.136. The Hall–Kier alpha value is -2.70. The number of anilines is 1. The van der Waals surface area contributed by atoms with E-state index >= 15 is 0 Å². The van der Waals surface area contributed by atoms with Crippen LogP contribution in [0.3, 0.4) is 0 Å². The van der Waals surface area contributed by atoms with Gasteiger partial charge in [-0.3, -0.25) is 4.79 Å². The number of carbonyl (C=O) groups is 1. The molecule has 0 saturated carbocycles. The van der Waals surface area contributed by atoms with E-state index in [4.69, 9.17) is 17.3 Å². The summed E-state index contributed by atoms with van der Waals surface area (Å²) in [7, 11) is 0. The summed E-state index contributed by atoms with van der Waals surface area (Å²) in [4.78, 5) is 26.2. The minimum atomic E-state index is 0.00759. The number of piperidine rings is 1. The van der Waals surface area contributed by atoms with Crippen molar-refractivity contribution in [1.29, 1.82) is 0 Å². The molecule has 0 unspecified atom stereocenters. The highest BCUT2D eigenvalue weighted by Gasteiger charge is 2.29. The molecule has 2 N–H and O–H groups in total. The van der Waals surface area contributed by atoms with Gasteiger partial charge in [0.1, 0.15) is 12.1 Å². The SMILES string of the molecule is NCCN(Cc1ccc(Cl)cc1)C(=O)C1CCN(c2ncnc3ccccc23)CC1. The highest BCUT2D eigenvalue weighted by Crippen LogP contribution is 2.28. The fourth-order valence-electron chi connectivity index (χ4n) is 4.07. The van der Waals surface area contributed by atoms with Gasteiger partial charge < -0.3 is 15.5 Å². The Morgan fingerprint density at radius 2 is 1.83 bits per heavy atom. The van der Waals surface area contributed by atoms with E-state index in [0.29, 0.717) is 24.7 Å². The molecule has 4 rings (SSSR count). The number of nitrogens with two attached hydrogens (primary N) is 1. The Kier molecular flexibility index (Phi) is 6.45. The smallest absolute Gasteiger partial charge is 0.226 e. The molecule has 7 heteroatoms. The number of fused-ring (bicyclic) bond motifs is 1. The summed E-state index contributed by atoms with van der Waals surface area (Å²) in [6, 6.07) is 15.7. The average molecular weight is 424 g/mol. The van der Waals surface area contributed by atoms with E-state index in [1.165, 1.54) is 0 Å². The normalized spacial score (nSPS) is 14.8. The summed E-state index contributed by atoms with van der Waals surface area (Å²) in [5.74, 6) is 1.14. The number of carbonyl (C=O) groups excluding carboxylic acids is 1. The Labute approximate surface area is 181 Å². The maximum atomic E-state index is 13.2. The van der Waals surface area contributed by atoms with Crippen LogP contribution in [-0.2, 0) is 11.3 Å². The second kappa shape index (κ2) is 9.41. The van der Waals surface area contributed by atoms with Crippen molar-refractivity contribution in [2.75, 3.05) is 31.1 Å². The first kappa shape index (κ1) is 20.6. The molecule has 30 heavy (non-hydrogen) atoms. The molecule has 1 aliphatic rings. The molecule has 2 heterocycles. The fourth-order valence-corrected chi connectivity index (χ4v) is 4.20. The van der Waals surface area contributed by atoms with Gasteiger partial charge in [0.05, 0.1) is 5.52 Å². The molecule has 6 nitrogen and oxygen atoms in total. The number of nitrogens with zero attached hydrogens (tertiary/aromatic N) is 4. The minimum absolute atomic E-state index is 0.00759. The molecule has 1 amide bonds. The van der Waals surface area contributed by atoms with Crippen LogP contribution in [0.25, 0.3) is 10.9 Å². The zero-order valence-electron chi connectivity index (χ0n) is 16.9. The van der Waals surface area contributed by atoms with Gasteiger partial charge in [0.25, 0.3) is 0 Å². The van der Waals surface area contributed by atoms with Crippen molar-refractivity contribution in [3.63, 3.8) is 0 Å². The van der Waals surface area contributed by atoms with Crippen LogP contribution in [0, 0.1) is 5.92 Å². The number of aromatic nitrogens is 2. The maximum Gasteiger partial charge on any atom is 0.226 e. The van der Waals surface area contributed by atoms with Crippen LogP contribution >= 0.6 is 11.6 Å². The van der Waals surface area contributed by atoms with Gasteiger partial charge in [0.2, 0.25) is 5.91 Å². The molecule has 0 aliphatic carbocycles. The quantitative estimate of drug-likeness (QED) is 0.656. The van der Waals surface area contributed by atoms with Gasteiger partial charge in [-0.2, -0.15) is 0 Å². The monoisotopic (exact) mass is 423 g/mol. The molecule has 3 aromatic rings. The summed E-state index contributed by atoms with van der Waals surface area (Å²) in [6.07, 6.45) is 3.22. The third-order valence-corrected chi connectivity index (χ3v) is 5.91. The molecule has 1 aromatic heterocycles. The number of amides is 1. The minimum Gasteiger partial charge on any atom is -0.356 e. The Bertz CT molecular complexity index is 997. The van der Waals surface area contributed by atoms with Crippen LogP contribution in [0.1, 0.15) is 18.4 Å². The summed E-state index contributed by atoms with van der Waals surface area (Å²) in [6.45, 7) is 3.16. The zero-order valence-corrected chi connectivity index (χ0v) is 17.6. The van der Waals surface area contributed by atoms with Gasteiger partial charge in [-0.1, -0.05) is 35.9 Å². The second-order valence-corrected chi connectivity index (χ2v) is 8.09. The number of benzene rings is 2. The van der Waals surface area contributed by atoms with Crippen LogP contribution in [-0.4, -0.2) is 47.0 Å². The molecule has 1 saturated heterocycles. The number of rotatable bonds is 6. The van der Waals surface area contributed by atoms with E-state index in [9.17, 15) is 4.79 Å². The van der Waals surface area contributed by atoms with E-state index in [0.717, 1.165) is 48.2 Å². The average Bonchev–Trinajstić information content (AvgIpc) is 2.79. The molecule has 1 aliphatic heterocycles. The van der Waals surface area contributed by atoms with Crippen molar-refractivity contribution < 1.29 is 4.79 Å². The topological polar surface area (TPSA) is 75.3 Å². The standard InChI is InChI=1S/C23H26ClN5O/c24-19-7-5-17(6-8-19)15-29(14-11-25)23(30)18-9-12-28(13-10-18)22-20-3-1-2-4-21(20)26-16-27-22/h1-8,16,18H,9-15,25H2. The Balaban J connectivity index is 1.42. The van der Waals surface area contributed by atoms with E-state index in [2.05, 4.69) is 20.9 Å². The molecule has 1 fully saturated rings. The van der Waals surface area contributed by atoms with Crippen molar-refractivity contribution in [2.45, 2.75) is 19.4 Å². The highest BCUT2D eigenvalue weighted by atomic mass is 35.5. The van der Waals surface area contributed by atoms with Crippen LogP contribution < -0.4 is 10.6 Å². The predicted molar refractivity (Wildman–Crippen MR) is 120 cm³/mol. The summed E-state index contributed by atoms with van der Waals surface area (Å²) < 4.78 is 0. The van der Waals surface area contributed by atoms with Crippen molar-refractivity contribution >= 4 is 34.2 Å². The number of hydrogen-bond donors (Lipinski definition) is 1. The number of para-hydroxylation sites is 1. The first-order valence-corrected chi connectivity index (χ1v) is 10.7. The Morgan fingerprint density at radius 1 is 1.10 bits per heavy atom. The Morgan fingerprint density at radius 3 is 2.57 bits per heavy atom. The molecule has 0 spiro atoms. The molecule has 0 bridgehead atoms.